The van der Waals surface area contributed by atoms with Crippen molar-refractivity contribution in [2.24, 2.45) is 0 Å². The molecule has 0 spiro atoms. The van der Waals surface area contributed by atoms with Crippen LogP contribution in [0.2, 0.25) is 0 Å². The molecular formula is C47H58N10O8. The van der Waals surface area contributed by atoms with Crippen molar-refractivity contribution in [3.05, 3.63) is 90.5 Å². The zero-order chi connectivity index (χ0) is 45.6. The molecule has 0 aromatic heterocycles. The number of para-hydroxylation sites is 1. The second-order valence-electron chi connectivity index (χ2n) is 17.6. The number of hydrogen-bond donors (Lipinski definition) is 6. The van der Waals surface area contributed by atoms with E-state index >= 15 is 0 Å². The maximum absolute atomic E-state index is 14.2. The summed E-state index contributed by atoms with van der Waals surface area (Å²) >= 11 is 0. The average molecular weight is 891 g/mol. The standard InChI is InChI=1S/C47H58N10O8/c1-29(48-2)42(59)52-38-28-55(25-22-34-18-20-40(57(34)45(38)62)44(61)53-65-35-11-7-4-8-12-35)47(64)50-32-15-13-31(14-16-32)49-46(63)54-24-21-33-17-19-39(56(33)41(58)23-26-54)43(60)51-37-27-36(37)30-9-5-3-6-10-30/h3-16,29,33-34,36-40,48H,17-28H2,1-2H3,(H,49,63)(H,50,64)(H,51,60)(H,52,59)(H,53,61)/t29-,33+,34+,36+,37+,38-,39-,40-/m0/s1. The first kappa shape index (κ1) is 44.9. The third kappa shape index (κ3) is 10.5. The molecule has 4 aliphatic heterocycles. The first-order valence-corrected chi connectivity index (χ1v) is 22.7. The molecule has 3 aromatic carbocycles. The summed E-state index contributed by atoms with van der Waals surface area (Å²) in [5.41, 5.74) is 4.61. The number of amides is 9. The molecule has 9 amide bonds. The molecule has 18 nitrogen and oxygen atoms in total. The number of anilines is 2. The fourth-order valence-corrected chi connectivity index (χ4v) is 9.54. The molecule has 6 N–H and O–H groups in total. The Balaban J connectivity index is 0.840. The van der Waals surface area contributed by atoms with Crippen molar-refractivity contribution in [1.29, 1.82) is 0 Å². The Bertz CT molecular complexity index is 2230. The van der Waals surface area contributed by atoms with Crippen LogP contribution in [0.25, 0.3) is 0 Å². The van der Waals surface area contributed by atoms with Gasteiger partial charge < -0.3 is 51.0 Å². The summed E-state index contributed by atoms with van der Waals surface area (Å²) in [7, 11) is 1.62. The van der Waals surface area contributed by atoms with Crippen molar-refractivity contribution in [2.45, 2.75) is 107 Å². The van der Waals surface area contributed by atoms with Crippen molar-refractivity contribution in [3.63, 3.8) is 0 Å². The molecule has 4 saturated heterocycles. The Labute approximate surface area is 378 Å². The van der Waals surface area contributed by atoms with E-state index in [2.05, 4.69) is 44.2 Å². The fourth-order valence-electron chi connectivity index (χ4n) is 9.54. The number of nitrogens with one attached hydrogen (secondary N) is 6. The summed E-state index contributed by atoms with van der Waals surface area (Å²) in [6.07, 6.45) is 4.16. The second-order valence-corrected chi connectivity index (χ2v) is 17.6. The molecule has 5 aliphatic rings. The van der Waals surface area contributed by atoms with Gasteiger partial charge in [-0.05, 0) is 101 Å². The lowest BCUT2D eigenvalue weighted by molar-refractivity contribution is -0.146. The van der Waals surface area contributed by atoms with Gasteiger partial charge in [-0.3, -0.25) is 24.0 Å². The molecule has 18 heteroatoms. The van der Waals surface area contributed by atoms with Gasteiger partial charge in [-0.15, -0.1) is 0 Å². The van der Waals surface area contributed by atoms with E-state index in [9.17, 15) is 33.6 Å². The van der Waals surface area contributed by atoms with E-state index in [0.717, 1.165) is 6.42 Å². The Morgan fingerprint density at radius 1 is 0.662 bits per heavy atom. The predicted octanol–water partition coefficient (Wildman–Crippen LogP) is 3.15. The molecule has 8 atom stereocenters. The maximum atomic E-state index is 14.2. The number of fused-ring (bicyclic) bond motifs is 2. The third-order valence-corrected chi connectivity index (χ3v) is 13.4. The van der Waals surface area contributed by atoms with Crippen LogP contribution >= 0.6 is 0 Å². The second kappa shape index (κ2) is 20.0. The topological polar surface area (TPSA) is 214 Å². The Hall–Kier alpha value is -6.69. The molecule has 65 heavy (non-hydrogen) atoms. The minimum atomic E-state index is -1.13. The van der Waals surface area contributed by atoms with Crippen molar-refractivity contribution in [1.82, 2.24) is 41.0 Å². The number of hydrogen-bond acceptors (Lipinski definition) is 9. The van der Waals surface area contributed by atoms with Crippen molar-refractivity contribution < 1.29 is 38.4 Å². The number of hydroxylamine groups is 1. The number of carbonyl (C=O) groups is 7. The largest absolute Gasteiger partial charge is 0.379 e. The van der Waals surface area contributed by atoms with Gasteiger partial charge in [0, 0.05) is 61.5 Å². The zero-order valence-corrected chi connectivity index (χ0v) is 36.7. The molecule has 0 radical (unpaired) electrons. The zero-order valence-electron chi connectivity index (χ0n) is 36.7. The molecule has 344 valence electrons. The van der Waals surface area contributed by atoms with E-state index in [1.807, 2.05) is 24.3 Å². The molecule has 4 heterocycles. The van der Waals surface area contributed by atoms with Gasteiger partial charge in [0.2, 0.25) is 23.6 Å². The van der Waals surface area contributed by atoms with Gasteiger partial charge in [0.1, 0.15) is 18.1 Å². The third-order valence-electron chi connectivity index (χ3n) is 13.4. The van der Waals surface area contributed by atoms with Crippen LogP contribution in [0.1, 0.15) is 69.8 Å². The van der Waals surface area contributed by atoms with Gasteiger partial charge >= 0.3 is 12.1 Å². The van der Waals surface area contributed by atoms with Crippen LogP contribution in [0, 0.1) is 0 Å². The molecule has 1 saturated carbocycles. The number of carbonyl (C=O) groups excluding carboxylic acids is 7. The summed E-state index contributed by atoms with van der Waals surface area (Å²) in [6, 6.07) is 21.2. The SMILES string of the molecule is CN[C@@H](C)C(=O)N[C@H]1CN(C(=O)Nc2ccc(NC(=O)N3CCC(=O)N4[C@H](CC[C@H]4C(=O)N[C@@H]4C[C@@H]4c4ccccc4)CC3)cc2)CC[C@H]2CC[C@@H](C(=O)NOc3ccccc3)N2C1=O. The minimum absolute atomic E-state index is 0.0766. The monoisotopic (exact) mass is 890 g/mol. The summed E-state index contributed by atoms with van der Waals surface area (Å²) in [6.45, 7) is 2.39. The van der Waals surface area contributed by atoms with E-state index in [1.54, 1.807) is 72.3 Å². The van der Waals surface area contributed by atoms with E-state index in [0.29, 0.717) is 68.1 Å². The lowest BCUT2D eigenvalue weighted by Gasteiger charge is -2.38. The number of benzene rings is 3. The van der Waals surface area contributed by atoms with Gasteiger partial charge in [0.05, 0.1) is 12.6 Å². The first-order chi connectivity index (χ1) is 31.5. The van der Waals surface area contributed by atoms with Crippen LogP contribution in [0.3, 0.4) is 0 Å². The van der Waals surface area contributed by atoms with Gasteiger partial charge in [0.25, 0.3) is 5.91 Å². The van der Waals surface area contributed by atoms with Crippen LogP contribution in [-0.4, -0.2) is 137 Å². The van der Waals surface area contributed by atoms with Gasteiger partial charge in [0.15, 0.2) is 5.75 Å². The van der Waals surface area contributed by atoms with Crippen LogP contribution in [0.15, 0.2) is 84.9 Å². The van der Waals surface area contributed by atoms with Crippen LogP contribution in [0.4, 0.5) is 21.0 Å². The Morgan fingerprint density at radius 3 is 1.89 bits per heavy atom. The maximum Gasteiger partial charge on any atom is 0.321 e. The lowest BCUT2D eigenvalue weighted by atomic mass is 10.1. The summed E-state index contributed by atoms with van der Waals surface area (Å²) in [4.78, 5) is 107. The highest BCUT2D eigenvalue weighted by atomic mass is 16.7. The van der Waals surface area contributed by atoms with Crippen LogP contribution in [0.5, 0.6) is 5.75 Å². The summed E-state index contributed by atoms with van der Waals surface area (Å²) in [5, 5.41) is 14.6. The summed E-state index contributed by atoms with van der Waals surface area (Å²) in [5.74, 6) is -0.878. The number of nitrogens with zero attached hydrogens (tertiary/aromatic N) is 4. The Kier molecular flexibility index (Phi) is 13.8. The van der Waals surface area contributed by atoms with E-state index in [4.69, 9.17) is 4.84 Å². The molecular weight excluding hydrogens is 833 g/mol. The molecule has 5 fully saturated rings. The predicted molar refractivity (Wildman–Crippen MR) is 240 cm³/mol. The van der Waals surface area contributed by atoms with Gasteiger partial charge in [-0.2, -0.15) is 5.48 Å². The number of likely N-dealkylation sites (N-methyl/N-ethyl adjacent to an activating group) is 1. The summed E-state index contributed by atoms with van der Waals surface area (Å²) < 4.78 is 0. The lowest BCUT2D eigenvalue weighted by Crippen LogP contribution is -2.62. The number of rotatable bonds is 11. The highest BCUT2D eigenvalue weighted by molar-refractivity contribution is 5.96. The molecule has 3 aromatic rings. The van der Waals surface area contributed by atoms with Gasteiger partial charge in [-0.25, -0.2) is 9.59 Å². The molecule has 0 unspecified atom stereocenters. The van der Waals surface area contributed by atoms with Crippen LogP contribution in [-0.2, 0) is 24.0 Å². The van der Waals surface area contributed by atoms with Gasteiger partial charge in [-0.1, -0.05) is 48.5 Å². The van der Waals surface area contributed by atoms with E-state index in [-0.39, 0.29) is 62.0 Å². The molecule has 0 bridgehead atoms. The first-order valence-electron chi connectivity index (χ1n) is 22.7. The van der Waals surface area contributed by atoms with Crippen molar-refractivity contribution in [2.75, 3.05) is 43.9 Å². The quantitative estimate of drug-likeness (QED) is 0.156. The molecule has 1 aliphatic carbocycles. The molecule has 8 rings (SSSR count). The van der Waals surface area contributed by atoms with E-state index in [1.165, 1.54) is 15.4 Å². The average Bonchev–Trinajstić information content (AvgIpc) is 3.74. The van der Waals surface area contributed by atoms with Crippen LogP contribution < -0.4 is 36.9 Å². The smallest absolute Gasteiger partial charge is 0.321 e. The van der Waals surface area contributed by atoms with Crippen molar-refractivity contribution >= 4 is 53.0 Å². The normalized spacial score (nSPS) is 25.7. The number of urea groups is 2. The minimum Gasteiger partial charge on any atom is -0.379 e. The van der Waals surface area contributed by atoms with E-state index < -0.39 is 47.9 Å². The fraction of sp³-hybridized carbons (Fsp3) is 0.468. The van der Waals surface area contributed by atoms with Crippen molar-refractivity contribution in [3.8, 4) is 5.75 Å². The highest BCUT2D eigenvalue weighted by Crippen LogP contribution is 2.41. The highest BCUT2D eigenvalue weighted by Gasteiger charge is 2.47. The Morgan fingerprint density at radius 2 is 1.25 bits per heavy atom.